The number of hydrogen-bond acceptors (Lipinski definition) is 4. The molecule has 0 saturated carbocycles. The Morgan fingerprint density at radius 2 is 2.20 bits per heavy atom. The molecule has 1 aromatic rings. The third kappa shape index (κ3) is 2.88. The summed E-state index contributed by atoms with van der Waals surface area (Å²) >= 11 is 5.51. The molecule has 0 fully saturated rings. The van der Waals surface area contributed by atoms with Crippen LogP contribution in [0.5, 0.6) is 0 Å². The third-order valence-electron chi connectivity index (χ3n) is 2.98. The summed E-state index contributed by atoms with van der Waals surface area (Å²) in [6.07, 6.45) is 3.34. The van der Waals surface area contributed by atoms with Crippen molar-refractivity contribution in [1.29, 1.82) is 0 Å². The average Bonchev–Trinajstić information content (AvgIpc) is 2.82. The van der Waals surface area contributed by atoms with Gasteiger partial charge in [-0.2, -0.15) is 0 Å². The van der Waals surface area contributed by atoms with Gasteiger partial charge in [0.15, 0.2) is 0 Å². The number of nitro benzene ring substituents is 1. The highest BCUT2D eigenvalue weighted by molar-refractivity contribution is 6.31. The summed E-state index contributed by atoms with van der Waals surface area (Å²) in [4.78, 5) is 21.0. The largest absolute Gasteiger partial charge is 0.481 e. The fourth-order valence-electron chi connectivity index (χ4n) is 1.99. The van der Waals surface area contributed by atoms with E-state index in [-0.39, 0.29) is 22.8 Å². The van der Waals surface area contributed by atoms with Gasteiger partial charge in [0, 0.05) is 18.2 Å². The van der Waals surface area contributed by atoms with Gasteiger partial charge in [0.2, 0.25) is 0 Å². The highest BCUT2D eigenvalue weighted by Gasteiger charge is 2.26. The molecule has 2 rings (SSSR count). The Hall–Kier alpha value is -2.15. The first-order chi connectivity index (χ1) is 9.38. The number of rotatable bonds is 4. The van der Waals surface area contributed by atoms with Crippen molar-refractivity contribution in [2.45, 2.75) is 12.5 Å². The number of nitrogens with zero attached hydrogens (tertiary/aromatic N) is 1. The molecule has 0 saturated heterocycles. The first-order valence-electron chi connectivity index (χ1n) is 5.69. The topological polar surface area (TPSA) is 92.5 Å². The van der Waals surface area contributed by atoms with Crippen molar-refractivity contribution in [2.24, 2.45) is 5.92 Å². The van der Waals surface area contributed by atoms with Crippen molar-refractivity contribution in [2.75, 3.05) is 5.32 Å². The van der Waals surface area contributed by atoms with Crippen LogP contribution in [0.1, 0.15) is 6.42 Å². The predicted octanol–water partition coefficient (Wildman–Crippen LogP) is 2.83. The highest BCUT2D eigenvalue weighted by Crippen LogP contribution is 2.32. The van der Waals surface area contributed by atoms with E-state index in [0.717, 1.165) is 12.1 Å². The minimum Gasteiger partial charge on any atom is -0.481 e. The van der Waals surface area contributed by atoms with Gasteiger partial charge >= 0.3 is 5.97 Å². The van der Waals surface area contributed by atoms with Crippen LogP contribution in [-0.4, -0.2) is 22.0 Å². The molecule has 0 aromatic heterocycles. The van der Waals surface area contributed by atoms with Crippen LogP contribution in [0.2, 0.25) is 5.02 Å². The molecular weight excluding hydrogens is 291 g/mol. The Bertz CT molecular complexity index is 605. The van der Waals surface area contributed by atoms with E-state index in [4.69, 9.17) is 16.7 Å². The molecule has 1 aromatic carbocycles. The summed E-state index contributed by atoms with van der Waals surface area (Å²) < 4.78 is 13.4. The lowest BCUT2D eigenvalue weighted by Crippen LogP contribution is -2.19. The summed E-state index contributed by atoms with van der Waals surface area (Å²) in [5.41, 5.74) is -0.388. The number of carboxylic acid groups (broad SMARTS) is 1. The van der Waals surface area contributed by atoms with Gasteiger partial charge < -0.3 is 10.4 Å². The fourth-order valence-corrected chi connectivity index (χ4v) is 2.15. The molecule has 2 atom stereocenters. The summed E-state index contributed by atoms with van der Waals surface area (Å²) in [6, 6.07) is 1.45. The van der Waals surface area contributed by atoms with Gasteiger partial charge in [0.25, 0.3) is 5.69 Å². The Balaban J connectivity index is 2.22. The predicted molar refractivity (Wildman–Crippen MR) is 70.4 cm³/mol. The lowest BCUT2D eigenvalue weighted by Gasteiger charge is -2.14. The number of carbonyl (C=O) groups is 1. The van der Waals surface area contributed by atoms with Crippen LogP contribution in [0.15, 0.2) is 24.3 Å². The zero-order valence-corrected chi connectivity index (χ0v) is 10.8. The second-order valence-corrected chi connectivity index (χ2v) is 4.76. The second kappa shape index (κ2) is 5.46. The molecule has 0 heterocycles. The standard InChI is InChI=1S/C12H10ClFN2O4/c13-8-4-11(16(19)20)10(5-9(8)14)15-7-2-1-6(3-7)12(17)18/h1-2,4-7,15H,3H2,(H,17,18). The molecule has 2 unspecified atom stereocenters. The lowest BCUT2D eigenvalue weighted by atomic mass is 10.1. The van der Waals surface area contributed by atoms with E-state index in [0.29, 0.717) is 0 Å². The summed E-state index contributed by atoms with van der Waals surface area (Å²) in [5, 5.41) is 22.2. The smallest absolute Gasteiger partial charge is 0.310 e. The van der Waals surface area contributed by atoms with Crippen molar-refractivity contribution in [3.63, 3.8) is 0 Å². The molecule has 1 aliphatic carbocycles. The molecule has 1 aliphatic rings. The minimum absolute atomic E-state index is 0.0300. The SMILES string of the molecule is O=C(O)C1C=CC(Nc2cc(F)c(Cl)cc2[N+](=O)[O-])C1. The van der Waals surface area contributed by atoms with Crippen molar-refractivity contribution < 1.29 is 19.2 Å². The van der Waals surface area contributed by atoms with E-state index < -0.39 is 28.7 Å². The molecule has 0 bridgehead atoms. The molecule has 0 spiro atoms. The molecule has 0 amide bonds. The molecule has 20 heavy (non-hydrogen) atoms. The van der Waals surface area contributed by atoms with Crippen LogP contribution in [0.25, 0.3) is 0 Å². The van der Waals surface area contributed by atoms with Crippen LogP contribution >= 0.6 is 11.6 Å². The van der Waals surface area contributed by atoms with Gasteiger partial charge in [-0.15, -0.1) is 0 Å². The molecule has 0 aliphatic heterocycles. The molecule has 6 nitrogen and oxygen atoms in total. The zero-order valence-electron chi connectivity index (χ0n) is 10.0. The number of aliphatic carboxylic acids is 1. The van der Waals surface area contributed by atoms with Gasteiger partial charge in [-0.1, -0.05) is 23.8 Å². The normalized spacial score (nSPS) is 20.9. The van der Waals surface area contributed by atoms with Crippen LogP contribution in [-0.2, 0) is 4.79 Å². The van der Waals surface area contributed by atoms with Crippen LogP contribution in [0.3, 0.4) is 0 Å². The number of carboxylic acids is 1. The van der Waals surface area contributed by atoms with Crippen LogP contribution < -0.4 is 5.32 Å². The number of benzene rings is 1. The highest BCUT2D eigenvalue weighted by atomic mass is 35.5. The second-order valence-electron chi connectivity index (χ2n) is 4.36. The van der Waals surface area contributed by atoms with E-state index in [1.54, 1.807) is 6.08 Å². The third-order valence-corrected chi connectivity index (χ3v) is 3.27. The Morgan fingerprint density at radius 3 is 2.75 bits per heavy atom. The van der Waals surface area contributed by atoms with E-state index in [2.05, 4.69) is 5.32 Å². The Kier molecular flexibility index (Phi) is 3.89. The maximum atomic E-state index is 13.4. The minimum atomic E-state index is -0.970. The first-order valence-corrected chi connectivity index (χ1v) is 6.07. The van der Waals surface area contributed by atoms with Crippen molar-refractivity contribution >= 4 is 28.9 Å². The van der Waals surface area contributed by atoms with Crippen molar-refractivity contribution in [1.82, 2.24) is 0 Å². The van der Waals surface area contributed by atoms with E-state index >= 15 is 0 Å². The van der Waals surface area contributed by atoms with Crippen molar-refractivity contribution in [3.8, 4) is 0 Å². The number of nitrogens with one attached hydrogen (secondary N) is 1. The van der Waals surface area contributed by atoms with E-state index in [1.165, 1.54) is 6.08 Å². The number of hydrogen-bond donors (Lipinski definition) is 2. The summed E-state index contributed by atoms with van der Waals surface area (Å²) in [5.74, 6) is -2.40. The van der Waals surface area contributed by atoms with Crippen LogP contribution in [0.4, 0.5) is 15.8 Å². The fraction of sp³-hybridized carbons (Fsp3) is 0.250. The maximum Gasteiger partial charge on any atom is 0.310 e. The quantitative estimate of drug-likeness (QED) is 0.507. The maximum absolute atomic E-state index is 13.4. The van der Waals surface area contributed by atoms with Gasteiger partial charge in [-0.05, 0) is 6.42 Å². The van der Waals surface area contributed by atoms with E-state index in [1.807, 2.05) is 0 Å². The van der Waals surface area contributed by atoms with E-state index in [9.17, 15) is 19.3 Å². The zero-order chi connectivity index (χ0) is 14.9. The van der Waals surface area contributed by atoms with Crippen molar-refractivity contribution in [3.05, 3.63) is 45.2 Å². The first kappa shape index (κ1) is 14.3. The average molecular weight is 301 g/mol. The summed E-state index contributed by atoms with van der Waals surface area (Å²) in [6.45, 7) is 0. The molecule has 2 N–H and O–H groups in total. The molecule has 106 valence electrons. The number of halogens is 2. The Labute approximate surface area is 118 Å². The van der Waals surface area contributed by atoms with Gasteiger partial charge in [-0.25, -0.2) is 4.39 Å². The van der Waals surface area contributed by atoms with Crippen LogP contribution in [0, 0.1) is 21.8 Å². The van der Waals surface area contributed by atoms with Gasteiger partial charge in [-0.3, -0.25) is 14.9 Å². The molecule has 8 heteroatoms. The molecule has 0 radical (unpaired) electrons. The number of anilines is 1. The summed E-state index contributed by atoms with van der Waals surface area (Å²) in [7, 11) is 0. The van der Waals surface area contributed by atoms with Gasteiger partial charge in [0.05, 0.1) is 15.9 Å². The lowest BCUT2D eigenvalue weighted by molar-refractivity contribution is -0.384. The number of nitro groups is 1. The van der Waals surface area contributed by atoms with Gasteiger partial charge in [0.1, 0.15) is 11.5 Å². The molecular formula is C12H10ClFN2O4. The Morgan fingerprint density at radius 1 is 1.50 bits per heavy atom. The monoisotopic (exact) mass is 300 g/mol.